The first-order valence-corrected chi connectivity index (χ1v) is 6.50. The molecule has 0 aromatic carbocycles. The number of likely N-dealkylation sites (N-methyl/N-ethyl adjacent to an activating group) is 1. The molecule has 2 N–H and O–H groups in total. The lowest BCUT2D eigenvalue weighted by Gasteiger charge is -2.29. The molecule has 0 rings (SSSR count). The molecule has 0 fully saturated rings. The zero-order valence-electron chi connectivity index (χ0n) is 9.83. The Morgan fingerprint density at radius 1 is 1.31 bits per heavy atom. The zero-order chi connectivity index (χ0) is 12.7. The molecule has 0 saturated carbocycles. The lowest BCUT2D eigenvalue weighted by molar-refractivity contribution is -0.890. The van der Waals surface area contributed by atoms with Gasteiger partial charge in [0.25, 0.3) is 0 Å². The molecule has 0 aliphatic carbocycles. The minimum absolute atomic E-state index is 0.0265. The van der Waals surface area contributed by atoms with Crippen molar-refractivity contribution in [3.8, 4) is 0 Å². The number of ether oxygens (including phenoxy) is 1. The maximum Gasteiger partial charge on any atom is 0.469 e. The number of phosphoric acid groups is 1. The van der Waals surface area contributed by atoms with Gasteiger partial charge in [0.05, 0.1) is 27.3 Å². The zero-order valence-corrected chi connectivity index (χ0v) is 10.7. The number of hydrogen-bond donors (Lipinski definition) is 2. The molecule has 0 saturated heterocycles. The van der Waals surface area contributed by atoms with Crippen LogP contribution in [0.3, 0.4) is 0 Å². The van der Waals surface area contributed by atoms with E-state index in [1.54, 1.807) is 6.08 Å². The first-order valence-electron chi connectivity index (χ1n) is 4.97. The molecule has 0 aromatic rings. The molecule has 0 amide bonds. The Morgan fingerprint density at radius 3 is 2.38 bits per heavy atom. The summed E-state index contributed by atoms with van der Waals surface area (Å²) in [7, 11) is -0.453. The highest BCUT2D eigenvalue weighted by Crippen LogP contribution is 2.35. The van der Waals surface area contributed by atoms with Crippen LogP contribution in [0.5, 0.6) is 0 Å². The molecule has 0 aromatic heterocycles. The lowest BCUT2D eigenvalue weighted by Crippen LogP contribution is -2.44. The Labute approximate surface area is 96.3 Å². The highest BCUT2D eigenvalue weighted by Gasteiger charge is 2.19. The van der Waals surface area contributed by atoms with Gasteiger partial charge in [-0.2, -0.15) is 0 Å². The van der Waals surface area contributed by atoms with Crippen molar-refractivity contribution in [1.82, 2.24) is 0 Å². The second kappa shape index (κ2) is 7.17. The summed E-state index contributed by atoms with van der Waals surface area (Å²) in [4.78, 5) is 17.0. The van der Waals surface area contributed by atoms with Crippen LogP contribution in [0.25, 0.3) is 0 Å². The molecular weight excluding hydrogens is 233 g/mol. The van der Waals surface area contributed by atoms with Crippen molar-refractivity contribution in [1.29, 1.82) is 0 Å². The van der Waals surface area contributed by atoms with E-state index in [0.717, 1.165) is 6.54 Å². The minimum atomic E-state index is -4.34. The summed E-state index contributed by atoms with van der Waals surface area (Å²) in [6.07, 6.45) is 1.68. The molecule has 0 heterocycles. The van der Waals surface area contributed by atoms with Crippen LogP contribution in [-0.4, -0.2) is 61.3 Å². The van der Waals surface area contributed by atoms with Crippen LogP contribution in [-0.2, 0) is 13.8 Å². The molecule has 0 aliphatic heterocycles. The molecule has 0 radical (unpaired) electrons. The van der Waals surface area contributed by atoms with E-state index in [1.807, 2.05) is 14.1 Å². The van der Waals surface area contributed by atoms with Gasteiger partial charge in [-0.3, -0.25) is 4.52 Å². The van der Waals surface area contributed by atoms with Crippen LogP contribution >= 0.6 is 7.82 Å². The van der Waals surface area contributed by atoms with Crippen molar-refractivity contribution in [2.75, 3.05) is 47.0 Å². The van der Waals surface area contributed by atoms with Crippen LogP contribution in [0.15, 0.2) is 12.7 Å². The smallest absolute Gasteiger partial charge is 0.372 e. The topological polar surface area (TPSA) is 76.0 Å². The Morgan fingerprint density at radius 2 is 1.88 bits per heavy atom. The van der Waals surface area contributed by atoms with Crippen molar-refractivity contribution in [3.05, 3.63) is 12.7 Å². The van der Waals surface area contributed by atoms with Crippen molar-refractivity contribution >= 4 is 7.82 Å². The second-order valence-corrected chi connectivity index (χ2v) is 5.31. The van der Waals surface area contributed by atoms with Gasteiger partial charge in [-0.1, -0.05) is 6.08 Å². The van der Waals surface area contributed by atoms with Gasteiger partial charge in [0.2, 0.25) is 0 Å². The fraction of sp³-hybridized carbons (Fsp3) is 0.778. The Kier molecular flexibility index (Phi) is 7.06. The van der Waals surface area contributed by atoms with E-state index < -0.39 is 7.82 Å². The Balaban J connectivity index is 3.69. The van der Waals surface area contributed by atoms with E-state index in [9.17, 15) is 4.57 Å². The summed E-state index contributed by atoms with van der Waals surface area (Å²) >= 11 is 0. The summed E-state index contributed by atoms with van der Waals surface area (Å²) < 4.78 is 20.7. The molecule has 0 aliphatic rings. The SMILES string of the molecule is C=CCOCC[N+](C)(C)CCOP(=O)(O)O. The number of phosphoric ester groups is 1. The van der Waals surface area contributed by atoms with Gasteiger partial charge in [0.15, 0.2) is 0 Å². The first kappa shape index (κ1) is 15.8. The average Bonchev–Trinajstić information content (AvgIpc) is 2.10. The molecule has 0 bridgehead atoms. The van der Waals surface area contributed by atoms with Crippen molar-refractivity contribution in [2.24, 2.45) is 0 Å². The van der Waals surface area contributed by atoms with Crippen molar-refractivity contribution < 1.29 is 28.1 Å². The van der Waals surface area contributed by atoms with Crippen LogP contribution in [0.1, 0.15) is 0 Å². The summed E-state index contributed by atoms with van der Waals surface area (Å²) in [5, 5.41) is 0. The summed E-state index contributed by atoms with van der Waals surface area (Å²) in [6, 6.07) is 0. The van der Waals surface area contributed by atoms with Gasteiger partial charge in [0, 0.05) is 0 Å². The highest BCUT2D eigenvalue weighted by atomic mass is 31.2. The largest absolute Gasteiger partial charge is 0.469 e. The Hall–Kier alpha value is -0.230. The maximum atomic E-state index is 10.4. The first-order chi connectivity index (χ1) is 7.27. The predicted molar refractivity (Wildman–Crippen MR) is 60.9 cm³/mol. The van der Waals surface area contributed by atoms with Gasteiger partial charge in [-0.25, -0.2) is 4.57 Å². The van der Waals surface area contributed by atoms with Gasteiger partial charge in [0.1, 0.15) is 19.7 Å². The quantitative estimate of drug-likeness (QED) is 0.269. The number of rotatable bonds is 9. The van der Waals surface area contributed by atoms with Gasteiger partial charge in [-0.05, 0) is 0 Å². The number of hydrogen-bond acceptors (Lipinski definition) is 3. The van der Waals surface area contributed by atoms with E-state index >= 15 is 0 Å². The molecule has 96 valence electrons. The molecule has 6 nitrogen and oxygen atoms in total. The molecule has 0 spiro atoms. The highest BCUT2D eigenvalue weighted by molar-refractivity contribution is 7.46. The maximum absolute atomic E-state index is 10.4. The summed E-state index contributed by atoms with van der Waals surface area (Å²) in [5.41, 5.74) is 0. The Bertz CT molecular complexity index is 250. The standard InChI is InChI=1S/C9H20NO5P/c1-4-7-14-8-5-10(2,3)6-9-15-16(11,12)13/h4H,1,5-9H2,2-3H3,(H-,11,12,13)/p+1. The monoisotopic (exact) mass is 254 g/mol. The van der Waals surface area contributed by atoms with E-state index in [-0.39, 0.29) is 6.61 Å². The van der Waals surface area contributed by atoms with Crippen molar-refractivity contribution in [3.63, 3.8) is 0 Å². The van der Waals surface area contributed by atoms with Crippen LogP contribution in [0.2, 0.25) is 0 Å². The third-order valence-electron chi connectivity index (χ3n) is 2.03. The molecular formula is C9H21NO5P+. The summed E-state index contributed by atoms with van der Waals surface area (Å²) in [6.45, 7) is 5.92. The van der Waals surface area contributed by atoms with E-state index in [2.05, 4.69) is 11.1 Å². The van der Waals surface area contributed by atoms with Gasteiger partial charge in [-0.15, -0.1) is 6.58 Å². The summed E-state index contributed by atoms with van der Waals surface area (Å²) in [5.74, 6) is 0. The van der Waals surface area contributed by atoms with Gasteiger partial charge >= 0.3 is 7.82 Å². The van der Waals surface area contributed by atoms with Gasteiger partial charge < -0.3 is 19.0 Å². The molecule has 0 atom stereocenters. The fourth-order valence-electron chi connectivity index (χ4n) is 0.997. The normalized spacial score (nSPS) is 12.8. The molecule has 7 heteroatoms. The van der Waals surface area contributed by atoms with Crippen molar-refractivity contribution in [2.45, 2.75) is 0 Å². The molecule has 0 unspecified atom stereocenters. The number of quaternary nitrogens is 1. The van der Waals surface area contributed by atoms with Crippen LogP contribution < -0.4 is 0 Å². The predicted octanol–water partition coefficient (Wildman–Crippen LogP) is 0.375. The lowest BCUT2D eigenvalue weighted by atomic mass is 10.4. The second-order valence-electron chi connectivity index (χ2n) is 4.07. The van der Waals surface area contributed by atoms with E-state index in [4.69, 9.17) is 14.5 Å². The van der Waals surface area contributed by atoms with Crippen LogP contribution in [0.4, 0.5) is 0 Å². The van der Waals surface area contributed by atoms with E-state index in [1.165, 1.54) is 0 Å². The van der Waals surface area contributed by atoms with E-state index in [0.29, 0.717) is 24.2 Å². The number of nitrogens with zero attached hydrogens (tertiary/aromatic N) is 1. The third kappa shape index (κ3) is 10.3. The fourth-order valence-corrected chi connectivity index (χ4v) is 1.32. The van der Waals surface area contributed by atoms with Crippen LogP contribution in [0, 0.1) is 0 Å². The third-order valence-corrected chi connectivity index (χ3v) is 2.55. The average molecular weight is 254 g/mol. The molecule has 16 heavy (non-hydrogen) atoms. The minimum Gasteiger partial charge on any atom is -0.372 e.